The minimum atomic E-state index is -1.37. The van der Waals surface area contributed by atoms with Gasteiger partial charge < -0.3 is 14.6 Å². The van der Waals surface area contributed by atoms with Crippen LogP contribution in [-0.2, 0) is 14.3 Å². The molecule has 0 radical (unpaired) electrons. The lowest BCUT2D eigenvalue weighted by Crippen LogP contribution is -2.40. The largest absolute Gasteiger partial charge is 0.479 e. The fourth-order valence-electron chi connectivity index (χ4n) is 1.07. The van der Waals surface area contributed by atoms with Gasteiger partial charge in [-0.2, -0.15) is 0 Å². The Morgan fingerprint density at radius 1 is 1.67 bits per heavy atom. The third kappa shape index (κ3) is 1.35. The summed E-state index contributed by atoms with van der Waals surface area (Å²) in [4.78, 5) is 10.8. The molecule has 0 amide bonds. The standard InChI is InChI=1S/C8H12O4/c1-4-8(6(9)10)5-11-7(2,3)12-8/h4H,1,5H2,2-3H3,(H,9,10)/t8-/m1/s1. The number of hydrogen-bond donors (Lipinski definition) is 1. The number of carboxylic acid groups (broad SMARTS) is 1. The molecule has 1 heterocycles. The average molecular weight is 172 g/mol. The Morgan fingerprint density at radius 2 is 2.25 bits per heavy atom. The maximum Gasteiger partial charge on any atom is 0.342 e. The number of ether oxygens (including phenoxy) is 2. The lowest BCUT2D eigenvalue weighted by molar-refractivity contribution is -0.177. The highest BCUT2D eigenvalue weighted by molar-refractivity contribution is 5.80. The first kappa shape index (κ1) is 9.22. The van der Waals surface area contributed by atoms with Gasteiger partial charge in [-0.05, 0) is 19.9 Å². The van der Waals surface area contributed by atoms with Gasteiger partial charge in [0, 0.05) is 0 Å². The minimum Gasteiger partial charge on any atom is -0.479 e. The highest BCUT2D eigenvalue weighted by atomic mass is 16.8. The Morgan fingerprint density at radius 3 is 2.42 bits per heavy atom. The highest BCUT2D eigenvalue weighted by Crippen LogP contribution is 2.31. The van der Waals surface area contributed by atoms with Gasteiger partial charge in [-0.15, -0.1) is 0 Å². The van der Waals surface area contributed by atoms with Gasteiger partial charge in [0.15, 0.2) is 5.79 Å². The molecule has 0 saturated carbocycles. The van der Waals surface area contributed by atoms with Crippen LogP contribution in [0.3, 0.4) is 0 Å². The SMILES string of the molecule is C=C[C@]1(C(=O)O)COC(C)(C)O1. The van der Waals surface area contributed by atoms with Crippen molar-refractivity contribution in [1.82, 2.24) is 0 Å². The molecule has 0 aliphatic carbocycles. The summed E-state index contributed by atoms with van der Waals surface area (Å²) in [7, 11) is 0. The van der Waals surface area contributed by atoms with Crippen molar-refractivity contribution in [2.45, 2.75) is 25.2 Å². The van der Waals surface area contributed by atoms with Crippen molar-refractivity contribution in [3.8, 4) is 0 Å². The second-order valence-electron chi connectivity index (χ2n) is 3.19. The highest BCUT2D eigenvalue weighted by Gasteiger charge is 2.49. The number of hydrogen-bond acceptors (Lipinski definition) is 3. The van der Waals surface area contributed by atoms with Crippen molar-refractivity contribution in [2.24, 2.45) is 0 Å². The molecule has 0 aromatic carbocycles. The summed E-state index contributed by atoms with van der Waals surface area (Å²) in [6.45, 7) is 6.76. The second-order valence-corrected chi connectivity index (χ2v) is 3.19. The van der Waals surface area contributed by atoms with E-state index >= 15 is 0 Å². The fraction of sp³-hybridized carbons (Fsp3) is 0.625. The lowest BCUT2D eigenvalue weighted by atomic mass is 10.1. The zero-order valence-electron chi connectivity index (χ0n) is 7.16. The third-order valence-corrected chi connectivity index (χ3v) is 1.75. The Bertz CT molecular complexity index is 221. The summed E-state index contributed by atoms with van der Waals surface area (Å²) in [6.07, 6.45) is 1.25. The Balaban J connectivity index is 2.87. The number of rotatable bonds is 2. The summed E-state index contributed by atoms with van der Waals surface area (Å²) in [5, 5.41) is 8.82. The second kappa shape index (κ2) is 2.57. The van der Waals surface area contributed by atoms with Gasteiger partial charge in [-0.3, -0.25) is 0 Å². The van der Waals surface area contributed by atoms with Crippen LogP contribution in [-0.4, -0.2) is 29.1 Å². The minimum absolute atomic E-state index is 0.0127. The third-order valence-electron chi connectivity index (χ3n) is 1.75. The van der Waals surface area contributed by atoms with Gasteiger partial charge in [0.2, 0.25) is 5.60 Å². The number of carbonyl (C=O) groups is 1. The van der Waals surface area contributed by atoms with Crippen LogP contribution in [0.2, 0.25) is 0 Å². The zero-order valence-corrected chi connectivity index (χ0v) is 7.16. The molecular weight excluding hydrogens is 160 g/mol. The van der Waals surface area contributed by atoms with E-state index in [1.807, 2.05) is 0 Å². The first-order valence-electron chi connectivity index (χ1n) is 3.63. The molecule has 1 aliphatic heterocycles. The number of aliphatic carboxylic acids is 1. The predicted molar refractivity (Wildman–Crippen MR) is 41.7 cm³/mol. The van der Waals surface area contributed by atoms with E-state index < -0.39 is 17.4 Å². The molecule has 4 heteroatoms. The predicted octanol–water partition coefficient (Wildman–Crippen LogP) is 0.779. The van der Waals surface area contributed by atoms with Crippen LogP contribution < -0.4 is 0 Å². The average Bonchev–Trinajstić information content (AvgIpc) is 2.27. The zero-order chi connectivity index (χ0) is 9.41. The molecule has 0 aromatic heterocycles. The van der Waals surface area contributed by atoms with Crippen LogP contribution >= 0.6 is 0 Å². The molecule has 1 fully saturated rings. The van der Waals surface area contributed by atoms with Crippen LogP contribution in [0, 0.1) is 0 Å². The fourth-order valence-corrected chi connectivity index (χ4v) is 1.07. The molecule has 0 aromatic rings. The van der Waals surface area contributed by atoms with Crippen LogP contribution in [0.1, 0.15) is 13.8 Å². The first-order chi connectivity index (χ1) is 5.42. The van der Waals surface area contributed by atoms with Gasteiger partial charge in [-0.1, -0.05) is 6.58 Å². The molecule has 1 N–H and O–H groups in total. The van der Waals surface area contributed by atoms with Crippen LogP contribution in [0.15, 0.2) is 12.7 Å². The summed E-state index contributed by atoms with van der Waals surface area (Å²) in [6, 6.07) is 0. The van der Waals surface area contributed by atoms with Crippen LogP contribution in [0.25, 0.3) is 0 Å². The molecular formula is C8H12O4. The van der Waals surface area contributed by atoms with E-state index in [9.17, 15) is 4.79 Å². The summed E-state index contributed by atoms with van der Waals surface area (Å²) >= 11 is 0. The van der Waals surface area contributed by atoms with Crippen molar-refractivity contribution in [3.63, 3.8) is 0 Å². The van der Waals surface area contributed by atoms with Gasteiger partial charge in [0.25, 0.3) is 0 Å². The molecule has 0 spiro atoms. The molecule has 0 bridgehead atoms. The van der Waals surface area contributed by atoms with Crippen molar-refractivity contribution in [2.75, 3.05) is 6.61 Å². The quantitative estimate of drug-likeness (QED) is 0.625. The van der Waals surface area contributed by atoms with Crippen molar-refractivity contribution in [3.05, 3.63) is 12.7 Å². The van der Waals surface area contributed by atoms with Crippen molar-refractivity contribution >= 4 is 5.97 Å². The first-order valence-corrected chi connectivity index (χ1v) is 3.63. The van der Waals surface area contributed by atoms with E-state index in [1.54, 1.807) is 13.8 Å². The van der Waals surface area contributed by atoms with E-state index in [2.05, 4.69) is 6.58 Å². The molecule has 68 valence electrons. The van der Waals surface area contributed by atoms with Gasteiger partial charge in [0.1, 0.15) is 0 Å². The van der Waals surface area contributed by atoms with Crippen molar-refractivity contribution in [1.29, 1.82) is 0 Å². The molecule has 1 saturated heterocycles. The van der Waals surface area contributed by atoms with E-state index in [0.717, 1.165) is 0 Å². The molecule has 12 heavy (non-hydrogen) atoms. The summed E-state index contributed by atoms with van der Waals surface area (Å²) in [5.74, 6) is -1.91. The van der Waals surface area contributed by atoms with Crippen LogP contribution in [0.4, 0.5) is 0 Å². The smallest absolute Gasteiger partial charge is 0.342 e. The summed E-state index contributed by atoms with van der Waals surface area (Å²) < 4.78 is 10.3. The normalized spacial score (nSPS) is 33.2. The lowest BCUT2D eigenvalue weighted by Gasteiger charge is -2.21. The maximum absolute atomic E-state index is 10.8. The summed E-state index contributed by atoms with van der Waals surface area (Å²) in [5.41, 5.74) is -1.37. The maximum atomic E-state index is 10.8. The Labute approximate surface area is 70.8 Å². The molecule has 4 nitrogen and oxygen atoms in total. The Hall–Kier alpha value is -0.870. The topological polar surface area (TPSA) is 55.8 Å². The molecule has 1 rings (SSSR count). The Kier molecular flexibility index (Phi) is 1.97. The molecule has 1 atom stereocenters. The van der Waals surface area contributed by atoms with E-state index in [-0.39, 0.29) is 6.61 Å². The monoisotopic (exact) mass is 172 g/mol. The van der Waals surface area contributed by atoms with Gasteiger partial charge in [-0.25, -0.2) is 4.79 Å². The van der Waals surface area contributed by atoms with E-state index in [4.69, 9.17) is 14.6 Å². The van der Waals surface area contributed by atoms with E-state index in [1.165, 1.54) is 6.08 Å². The van der Waals surface area contributed by atoms with Crippen LogP contribution in [0.5, 0.6) is 0 Å². The van der Waals surface area contributed by atoms with Gasteiger partial charge >= 0.3 is 5.97 Å². The van der Waals surface area contributed by atoms with Crippen molar-refractivity contribution < 1.29 is 19.4 Å². The number of carboxylic acids is 1. The van der Waals surface area contributed by atoms with E-state index in [0.29, 0.717) is 0 Å². The molecule has 0 unspecified atom stereocenters. The molecule has 1 aliphatic rings. The van der Waals surface area contributed by atoms with Gasteiger partial charge in [0.05, 0.1) is 6.61 Å².